The molecule has 0 aliphatic carbocycles. The molecule has 25 heavy (non-hydrogen) atoms. The molecule has 0 fully saturated rings. The van der Waals surface area contributed by atoms with Gasteiger partial charge in [-0.1, -0.05) is 41.9 Å². The van der Waals surface area contributed by atoms with Crippen LogP contribution in [0.1, 0.15) is 17.5 Å². The molecular weight excluding hydrogens is 341 g/mol. The van der Waals surface area contributed by atoms with Crippen molar-refractivity contribution in [3.05, 3.63) is 82.8 Å². The molecule has 0 bridgehead atoms. The molecule has 0 aliphatic heterocycles. The fourth-order valence-corrected chi connectivity index (χ4v) is 2.66. The van der Waals surface area contributed by atoms with Crippen LogP contribution in [0.4, 0.5) is 10.2 Å². The first-order valence-electron chi connectivity index (χ1n) is 7.91. The van der Waals surface area contributed by atoms with Crippen LogP contribution in [-0.4, -0.2) is 15.7 Å². The van der Waals surface area contributed by atoms with Crippen molar-refractivity contribution >= 4 is 23.3 Å². The van der Waals surface area contributed by atoms with Gasteiger partial charge in [-0.25, -0.2) is 9.07 Å². The van der Waals surface area contributed by atoms with Gasteiger partial charge in [0.15, 0.2) is 0 Å². The van der Waals surface area contributed by atoms with Crippen LogP contribution in [0.2, 0.25) is 5.02 Å². The Morgan fingerprint density at radius 2 is 1.88 bits per heavy atom. The molecule has 0 aliphatic rings. The van der Waals surface area contributed by atoms with E-state index < -0.39 is 0 Å². The summed E-state index contributed by atoms with van der Waals surface area (Å²) in [5, 5.41) is 7.75. The van der Waals surface area contributed by atoms with Crippen molar-refractivity contribution in [1.29, 1.82) is 0 Å². The molecule has 1 heterocycles. The summed E-state index contributed by atoms with van der Waals surface area (Å²) in [6, 6.07) is 15.4. The molecule has 4 nitrogen and oxygen atoms in total. The summed E-state index contributed by atoms with van der Waals surface area (Å²) in [5.41, 5.74) is 1.84. The Morgan fingerprint density at radius 3 is 2.64 bits per heavy atom. The third-order valence-corrected chi connectivity index (χ3v) is 4.18. The van der Waals surface area contributed by atoms with E-state index in [0.717, 1.165) is 11.1 Å². The van der Waals surface area contributed by atoms with E-state index in [2.05, 4.69) is 10.4 Å². The standard InChI is InChI=1S/C19H17ClFN3O/c20-17-4-2-1-3-15(17)13-24-18(11-12-22-24)23-19(25)10-7-14-5-8-16(21)9-6-14/h1-6,8-9,11-12H,7,10,13H2,(H,23,25). The van der Waals surface area contributed by atoms with Crippen molar-refractivity contribution in [2.45, 2.75) is 19.4 Å². The minimum atomic E-state index is -0.281. The number of benzene rings is 2. The van der Waals surface area contributed by atoms with E-state index in [1.165, 1.54) is 12.1 Å². The van der Waals surface area contributed by atoms with Crippen molar-refractivity contribution in [1.82, 2.24) is 9.78 Å². The summed E-state index contributed by atoms with van der Waals surface area (Å²) in [4.78, 5) is 12.2. The van der Waals surface area contributed by atoms with Gasteiger partial charge >= 0.3 is 0 Å². The molecule has 0 radical (unpaired) electrons. The molecule has 1 aromatic heterocycles. The second-order valence-corrected chi connectivity index (χ2v) is 6.05. The second-order valence-electron chi connectivity index (χ2n) is 5.64. The highest BCUT2D eigenvalue weighted by molar-refractivity contribution is 6.31. The van der Waals surface area contributed by atoms with Gasteiger partial charge in [0.05, 0.1) is 12.7 Å². The van der Waals surface area contributed by atoms with Gasteiger partial charge < -0.3 is 5.32 Å². The van der Waals surface area contributed by atoms with Crippen molar-refractivity contribution < 1.29 is 9.18 Å². The molecule has 1 amide bonds. The second kappa shape index (κ2) is 7.94. The Kier molecular flexibility index (Phi) is 5.46. The summed E-state index contributed by atoms with van der Waals surface area (Å²) in [6.45, 7) is 0.472. The summed E-state index contributed by atoms with van der Waals surface area (Å²) in [7, 11) is 0. The maximum absolute atomic E-state index is 12.9. The lowest BCUT2D eigenvalue weighted by Crippen LogP contribution is -2.16. The van der Waals surface area contributed by atoms with Gasteiger partial charge in [-0.3, -0.25) is 4.79 Å². The first-order chi connectivity index (χ1) is 12.1. The Labute approximate surface area is 150 Å². The molecule has 3 rings (SSSR count). The van der Waals surface area contributed by atoms with Crippen LogP contribution in [0.3, 0.4) is 0 Å². The molecule has 0 atom stereocenters. The molecular formula is C19H17ClFN3O. The predicted molar refractivity (Wildman–Crippen MR) is 96.1 cm³/mol. The summed E-state index contributed by atoms with van der Waals surface area (Å²) >= 11 is 6.17. The zero-order chi connectivity index (χ0) is 17.6. The largest absolute Gasteiger partial charge is 0.311 e. The molecule has 0 spiro atoms. The Bertz CT molecular complexity index is 861. The van der Waals surface area contributed by atoms with Crippen molar-refractivity contribution in [3.63, 3.8) is 0 Å². The number of aryl methyl sites for hydroxylation is 1. The van der Waals surface area contributed by atoms with Gasteiger partial charge in [-0.05, 0) is 35.7 Å². The van der Waals surface area contributed by atoms with Crippen LogP contribution < -0.4 is 5.32 Å². The summed E-state index contributed by atoms with van der Waals surface area (Å²) < 4.78 is 14.6. The third-order valence-electron chi connectivity index (χ3n) is 3.82. The number of anilines is 1. The first-order valence-corrected chi connectivity index (χ1v) is 8.29. The Hall–Kier alpha value is -2.66. The molecule has 0 saturated carbocycles. The topological polar surface area (TPSA) is 46.9 Å². The van der Waals surface area contributed by atoms with E-state index in [1.807, 2.05) is 24.3 Å². The smallest absolute Gasteiger partial charge is 0.225 e. The molecule has 6 heteroatoms. The number of hydrogen-bond donors (Lipinski definition) is 1. The maximum Gasteiger partial charge on any atom is 0.225 e. The molecule has 128 valence electrons. The van der Waals surface area contributed by atoms with E-state index in [9.17, 15) is 9.18 Å². The van der Waals surface area contributed by atoms with Crippen molar-refractivity contribution in [2.24, 2.45) is 0 Å². The zero-order valence-corrected chi connectivity index (χ0v) is 14.2. The Balaban J connectivity index is 1.60. The number of carbonyl (C=O) groups excluding carboxylic acids is 1. The number of halogens is 2. The van der Waals surface area contributed by atoms with Crippen LogP contribution >= 0.6 is 11.6 Å². The minimum absolute atomic E-state index is 0.120. The predicted octanol–water partition coefficient (Wildman–Crippen LogP) is 4.30. The van der Waals surface area contributed by atoms with Gasteiger partial charge in [-0.15, -0.1) is 0 Å². The lowest BCUT2D eigenvalue weighted by molar-refractivity contribution is -0.116. The number of rotatable bonds is 6. The van der Waals surface area contributed by atoms with Gasteiger partial charge in [0.1, 0.15) is 11.6 Å². The number of amides is 1. The highest BCUT2D eigenvalue weighted by atomic mass is 35.5. The average molecular weight is 358 g/mol. The van der Waals surface area contributed by atoms with E-state index in [-0.39, 0.29) is 11.7 Å². The van der Waals surface area contributed by atoms with Crippen LogP contribution in [0, 0.1) is 5.82 Å². The van der Waals surface area contributed by atoms with Crippen molar-refractivity contribution in [3.8, 4) is 0 Å². The van der Waals surface area contributed by atoms with E-state index in [0.29, 0.717) is 30.2 Å². The average Bonchev–Trinajstić information content (AvgIpc) is 3.03. The van der Waals surface area contributed by atoms with Gasteiger partial charge in [-0.2, -0.15) is 5.10 Å². The molecule has 2 aromatic carbocycles. The summed E-state index contributed by atoms with van der Waals surface area (Å²) in [5.74, 6) is 0.214. The lowest BCUT2D eigenvalue weighted by atomic mass is 10.1. The van der Waals surface area contributed by atoms with Crippen LogP contribution in [0.15, 0.2) is 60.8 Å². The highest BCUT2D eigenvalue weighted by Gasteiger charge is 2.09. The molecule has 0 saturated heterocycles. The zero-order valence-electron chi connectivity index (χ0n) is 13.5. The van der Waals surface area contributed by atoms with E-state index in [4.69, 9.17) is 11.6 Å². The van der Waals surface area contributed by atoms with Gasteiger partial charge in [0.25, 0.3) is 0 Å². The first kappa shape index (κ1) is 17.2. The van der Waals surface area contributed by atoms with Crippen molar-refractivity contribution in [2.75, 3.05) is 5.32 Å². The van der Waals surface area contributed by atoms with Gasteiger partial charge in [0.2, 0.25) is 5.91 Å². The maximum atomic E-state index is 12.9. The minimum Gasteiger partial charge on any atom is -0.311 e. The lowest BCUT2D eigenvalue weighted by Gasteiger charge is -2.10. The fourth-order valence-electron chi connectivity index (χ4n) is 2.47. The molecule has 0 unspecified atom stereocenters. The number of nitrogens with one attached hydrogen (secondary N) is 1. The highest BCUT2D eigenvalue weighted by Crippen LogP contribution is 2.18. The number of hydrogen-bond acceptors (Lipinski definition) is 2. The molecule has 1 N–H and O–H groups in total. The van der Waals surface area contributed by atoms with Crippen LogP contribution in [0.5, 0.6) is 0 Å². The normalized spacial score (nSPS) is 10.6. The number of aromatic nitrogens is 2. The van der Waals surface area contributed by atoms with Crippen LogP contribution in [0.25, 0.3) is 0 Å². The van der Waals surface area contributed by atoms with Gasteiger partial charge in [0, 0.05) is 17.5 Å². The summed E-state index contributed by atoms with van der Waals surface area (Å²) in [6.07, 6.45) is 2.49. The fraction of sp³-hybridized carbons (Fsp3) is 0.158. The Morgan fingerprint density at radius 1 is 1.12 bits per heavy atom. The van der Waals surface area contributed by atoms with Crippen LogP contribution in [-0.2, 0) is 17.8 Å². The third kappa shape index (κ3) is 4.67. The van der Waals surface area contributed by atoms with E-state index in [1.54, 1.807) is 29.1 Å². The monoisotopic (exact) mass is 357 g/mol. The van der Waals surface area contributed by atoms with E-state index >= 15 is 0 Å². The molecule has 3 aromatic rings. The number of carbonyl (C=O) groups is 1. The quantitative estimate of drug-likeness (QED) is 0.715. The SMILES string of the molecule is O=C(CCc1ccc(F)cc1)Nc1ccnn1Cc1ccccc1Cl. The number of nitrogens with zero attached hydrogens (tertiary/aromatic N) is 2.